The minimum atomic E-state index is -1.73. The Morgan fingerprint density at radius 2 is 1.59 bits per heavy atom. The van der Waals surface area contributed by atoms with E-state index in [9.17, 15) is 9.50 Å². The first-order valence-electron chi connectivity index (χ1n) is 5.19. The van der Waals surface area contributed by atoms with Gasteiger partial charge in [-0.2, -0.15) is 0 Å². The molecule has 1 N–H and O–H groups in total. The van der Waals surface area contributed by atoms with Gasteiger partial charge in [-0.05, 0) is 6.07 Å². The van der Waals surface area contributed by atoms with Gasteiger partial charge in [0.2, 0.25) is 0 Å². The fourth-order valence-corrected chi connectivity index (χ4v) is 1.75. The molecule has 0 aliphatic rings. The van der Waals surface area contributed by atoms with Crippen LogP contribution < -0.4 is 0 Å². The molecule has 0 spiro atoms. The Labute approximate surface area is 99.5 Å². The molecule has 0 bridgehead atoms. The Kier molecular flexibility index (Phi) is 2.95. The highest BCUT2D eigenvalue weighted by atomic mass is 19.1. The maximum atomic E-state index is 13.7. The van der Waals surface area contributed by atoms with Gasteiger partial charge in [-0.1, -0.05) is 54.5 Å². The van der Waals surface area contributed by atoms with Crippen molar-refractivity contribution in [2.75, 3.05) is 0 Å². The van der Waals surface area contributed by atoms with Gasteiger partial charge >= 0.3 is 0 Å². The van der Waals surface area contributed by atoms with E-state index in [2.05, 4.69) is 5.92 Å². The second kappa shape index (κ2) is 4.40. The number of hydrogen-bond donors (Lipinski definition) is 1. The zero-order valence-corrected chi connectivity index (χ0v) is 9.10. The zero-order valence-electron chi connectivity index (χ0n) is 9.10. The van der Waals surface area contributed by atoms with Crippen LogP contribution in [0.1, 0.15) is 11.1 Å². The second-order valence-corrected chi connectivity index (χ2v) is 3.70. The second-order valence-electron chi connectivity index (χ2n) is 3.70. The number of aliphatic hydroxyl groups is 1. The van der Waals surface area contributed by atoms with Crippen LogP contribution in [0.5, 0.6) is 0 Å². The molecule has 0 saturated carbocycles. The minimum absolute atomic E-state index is 0.0914. The SMILES string of the molecule is C#CC(O)(c1ccccc1)c1ccccc1F. The third kappa shape index (κ3) is 1.93. The molecule has 1 nitrogen and oxygen atoms in total. The summed E-state index contributed by atoms with van der Waals surface area (Å²) in [7, 11) is 0. The summed E-state index contributed by atoms with van der Waals surface area (Å²) < 4.78 is 13.7. The molecule has 17 heavy (non-hydrogen) atoms. The van der Waals surface area contributed by atoms with Gasteiger partial charge < -0.3 is 5.11 Å². The zero-order chi connectivity index (χ0) is 12.3. The predicted octanol–water partition coefficient (Wildman–Crippen LogP) is 2.69. The summed E-state index contributed by atoms with van der Waals surface area (Å²) in [5.74, 6) is 1.75. The lowest BCUT2D eigenvalue weighted by molar-refractivity contribution is 0.141. The van der Waals surface area contributed by atoms with Gasteiger partial charge in [0.1, 0.15) is 5.82 Å². The Bertz CT molecular complexity index is 557. The largest absolute Gasteiger partial charge is 0.369 e. The molecule has 1 atom stereocenters. The maximum Gasteiger partial charge on any atom is 0.179 e. The molecule has 0 aliphatic carbocycles. The van der Waals surface area contributed by atoms with E-state index in [1.165, 1.54) is 12.1 Å². The maximum absolute atomic E-state index is 13.7. The molecule has 84 valence electrons. The van der Waals surface area contributed by atoms with Crippen molar-refractivity contribution in [3.05, 3.63) is 71.5 Å². The summed E-state index contributed by atoms with van der Waals surface area (Å²) in [5.41, 5.74) is -1.16. The third-order valence-electron chi connectivity index (χ3n) is 2.66. The molecule has 0 fully saturated rings. The highest BCUT2D eigenvalue weighted by Crippen LogP contribution is 2.30. The van der Waals surface area contributed by atoms with E-state index in [0.29, 0.717) is 5.56 Å². The fraction of sp³-hybridized carbons (Fsp3) is 0.0667. The number of terminal acetylenes is 1. The lowest BCUT2D eigenvalue weighted by Crippen LogP contribution is -2.26. The molecule has 0 aliphatic heterocycles. The highest BCUT2D eigenvalue weighted by molar-refractivity contribution is 5.43. The summed E-state index contributed by atoms with van der Waals surface area (Å²) in [6.45, 7) is 0. The lowest BCUT2D eigenvalue weighted by atomic mass is 9.87. The van der Waals surface area contributed by atoms with E-state index in [1.54, 1.807) is 36.4 Å². The molecule has 1 unspecified atom stereocenters. The first-order chi connectivity index (χ1) is 8.18. The topological polar surface area (TPSA) is 20.2 Å². The Balaban J connectivity index is 2.62. The van der Waals surface area contributed by atoms with Crippen LogP contribution in [0.25, 0.3) is 0 Å². The van der Waals surface area contributed by atoms with Crippen molar-refractivity contribution in [1.29, 1.82) is 0 Å². The van der Waals surface area contributed by atoms with Crippen molar-refractivity contribution in [2.24, 2.45) is 0 Å². The van der Waals surface area contributed by atoms with E-state index in [4.69, 9.17) is 6.42 Å². The van der Waals surface area contributed by atoms with Crippen LogP contribution >= 0.6 is 0 Å². The number of halogens is 1. The van der Waals surface area contributed by atoms with E-state index in [1.807, 2.05) is 6.07 Å². The highest BCUT2D eigenvalue weighted by Gasteiger charge is 2.31. The van der Waals surface area contributed by atoms with Gasteiger partial charge in [-0.15, -0.1) is 6.42 Å². The van der Waals surface area contributed by atoms with Crippen molar-refractivity contribution in [1.82, 2.24) is 0 Å². The summed E-state index contributed by atoms with van der Waals surface area (Å²) >= 11 is 0. The monoisotopic (exact) mass is 226 g/mol. The van der Waals surface area contributed by atoms with Crippen molar-refractivity contribution in [3.8, 4) is 12.3 Å². The molecule has 2 aromatic carbocycles. The standard InChI is InChI=1S/C15H11FO/c1-2-15(17,12-8-4-3-5-9-12)13-10-6-7-11-14(13)16/h1,3-11,17H. The normalized spacial score (nSPS) is 13.7. The number of benzene rings is 2. The van der Waals surface area contributed by atoms with E-state index in [-0.39, 0.29) is 5.56 Å². The Morgan fingerprint density at radius 3 is 2.18 bits per heavy atom. The average Bonchev–Trinajstić information content (AvgIpc) is 2.39. The van der Waals surface area contributed by atoms with E-state index in [0.717, 1.165) is 0 Å². The molecule has 0 aromatic heterocycles. The van der Waals surface area contributed by atoms with Gasteiger partial charge in [0.25, 0.3) is 0 Å². The predicted molar refractivity (Wildman–Crippen MR) is 64.7 cm³/mol. The quantitative estimate of drug-likeness (QED) is 0.780. The molecule has 2 rings (SSSR count). The smallest absolute Gasteiger partial charge is 0.179 e. The molecule has 0 saturated heterocycles. The van der Waals surface area contributed by atoms with Crippen LogP contribution in [0.2, 0.25) is 0 Å². The lowest BCUT2D eigenvalue weighted by Gasteiger charge is -2.23. The van der Waals surface area contributed by atoms with Gasteiger partial charge in [-0.3, -0.25) is 0 Å². The van der Waals surface area contributed by atoms with Crippen LogP contribution in [-0.4, -0.2) is 5.11 Å². The first-order valence-corrected chi connectivity index (χ1v) is 5.19. The number of rotatable bonds is 2. The van der Waals surface area contributed by atoms with Crippen LogP contribution in [-0.2, 0) is 5.60 Å². The average molecular weight is 226 g/mol. The van der Waals surface area contributed by atoms with E-state index >= 15 is 0 Å². The molecular weight excluding hydrogens is 215 g/mol. The third-order valence-corrected chi connectivity index (χ3v) is 2.66. The molecular formula is C15H11FO. The van der Waals surface area contributed by atoms with Gasteiger partial charge in [0.05, 0.1) is 0 Å². The molecule has 0 amide bonds. The summed E-state index contributed by atoms with van der Waals surface area (Å²) in [6.07, 6.45) is 5.37. The van der Waals surface area contributed by atoms with Crippen LogP contribution in [0.4, 0.5) is 4.39 Å². The summed E-state index contributed by atoms with van der Waals surface area (Å²) in [6, 6.07) is 14.6. The van der Waals surface area contributed by atoms with Gasteiger partial charge in [0, 0.05) is 11.1 Å². The van der Waals surface area contributed by atoms with E-state index < -0.39 is 11.4 Å². The molecule has 2 heteroatoms. The Morgan fingerprint density at radius 1 is 1.00 bits per heavy atom. The first kappa shape index (κ1) is 11.4. The van der Waals surface area contributed by atoms with Crippen LogP contribution in [0.15, 0.2) is 54.6 Å². The Hall–Kier alpha value is -2.11. The van der Waals surface area contributed by atoms with Gasteiger partial charge in [-0.25, -0.2) is 4.39 Å². The molecule has 2 aromatic rings. The van der Waals surface area contributed by atoms with Crippen molar-refractivity contribution in [3.63, 3.8) is 0 Å². The molecule has 0 radical (unpaired) electrons. The van der Waals surface area contributed by atoms with Crippen LogP contribution in [0, 0.1) is 18.2 Å². The van der Waals surface area contributed by atoms with Crippen molar-refractivity contribution in [2.45, 2.75) is 5.60 Å². The van der Waals surface area contributed by atoms with Crippen molar-refractivity contribution >= 4 is 0 Å². The van der Waals surface area contributed by atoms with Crippen LogP contribution in [0.3, 0.4) is 0 Å². The summed E-state index contributed by atoms with van der Waals surface area (Å²) in [5, 5.41) is 10.5. The fourth-order valence-electron chi connectivity index (χ4n) is 1.75. The minimum Gasteiger partial charge on any atom is -0.369 e. The summed E-state index contributed by atoms with van der Waals surface area (Å²) in [4.78, 5) is 0. The number of hydrogen-bond acceptors (Lipinski definition) is 1. The van der Waals surface area contributed by atoms with Crippen molar-refractivity contribution < 1.29 is 9.50 Å². The molecule has 0 heterocycles. The van der Waals surface area contributed by atoms with Gasteiger partial charge in [0.15, 0.2) is 5.60 Å².